The molecule has 0 bridgehead atoms. The molecule has 1 heterocycles. The van der Waals surface area contributed by atoms with Crippen LogP contribution in [-0.2, 0) is 36.8 Å². The molecule has 2 aromatic carbocycles. The van der Waals surface area contributed by atoms with Crippen LogP contribution in [0.2, 0.25) is 0 Å². The second kappa shape index (κ2) is 17.7. The van der Waals surface area contributed by atoms with Crippen molar-refractivity contribution in [1.29, 1.82) is 0 Å². The number of thioether (sulfide) groups is 1. The van der Waals surface area contributed by atoms with Gasteiger partial charge in [0.15, 0.2) is 0 Å². The quantitative estimate of drug-likeness (QED) is 0.125. The van der Waals surface area contributed by atoms with Crippen LogP contribution in [0.3, 0.4) is 0 Å². The molecule has 0 fully saturated rings. The number of hydrogen-bond acceptors (Lipinski definition) is 6. The summed E-state index contributed by atoms with van der Waals surface area (Å²) in [6, 6.07) is 11.1. The first-order valence-electron chi connectivity index (χ1n) is 15.1. The van der Waals surface area contributed by atoms with E-state index < -0.39 is 47.8 Å². The second-order valence-corrected chi connectivity index (χ2v) is 13.5. The van der Waals surface area contributed by atoms with Gasteiger partial charge in [-0.1, -0.05) is 60.1 Å². The molecule has 0 saturated heterocycles. The van der Waals surface area contributed by atoms with Crippen LogP contribution in [0.4, 0.5) is 0 Å². The second-order valence-electron chi connectivity index (χ2n) is 11.6. The molecule has 0 spiro atoms. The van der Waals surface area contributed by atoms with Crippen LogP contribution >= 0.6 is 27.7 Å². The third-order valence-electron chi connectivity index (χ3n) is 7.37. The maximum Gasteiger partial charge on any atom is 0.243 e. The molecule has 248 valence electrons. The van der Waals surface area contributed by atoms with Gasteiger partial charge >= 0.3 is 0 Å². The summed E-state index contributed by atoms with van der Waals surface area (Å²) in [5, 5.41) is 12.0. The first kappa shape index (κ1) is 36.6. The fourth-order valence-electron chi connectivity index (χ4n) is 5.12. The highest BCUT2D eigenvalue weighted by molar-refractivity contribution is 9.10. The van der Waals surface area contributed by atoms with Crippen molar-refractivity contribution in [2.45, 2.75) is 70.6 Å². The number of amides is 5. The lowest BCUT2D eigenvalue weighted by Gasteiger charge is -2.27. The Hall–Kier alpha value is -3.84. The highest BCUT2D eigenvalue weighted by Crippen LogP contribution is 2.19. The molecule has 0 saturated carbocycles. The fourth-order valence-corrected chi connectivity index (χ4v) is 6.04. The van der Waals surface area contributed by atoms with E-state index in [0.717, 1.165) is 26.5 Å². The highest BCUT2D eigenvalue weighted by Gasteiger charge is 2.31. The summed E-state index contributed by atoms with van der Waals surface area (Å²) >= 11 is 4.91. The Bertz CT molecular complexity index is 1530. The van der Waals surface area contributed by atoms with E-state index in [2.05, 4.69) is 42.2 Å². The van der Waals surface area contributed by atoms with Crippen molar-refractivity contribution in [3.63, 3.8) is 0 Å². The number of fused-ring (bicyclic) bond motifs is 1. The van der Waals surface area contributed by atoms with Crippen LogP contribution in [0.15, 0.2) is 59.2 Å². The van der Waals surface area contributed by atoms with Crippen LogP contribution in [-0.4, -0.2) is 70.7 Å². The molecule has 0 aliphatic rings. The Morgan fingerprint density at radius 2 is 1.50 bits per heavy atom. The first-order valence-corrected chi connectivity index (χ1v) is 17.3. The molecule has 7 N–H and O–H groups in total. The lowest BCUT2D eigenvalue weighted by atomic mass is 10.0. The van der Waals surface area contributed by atoms with E-state index in [1.54, 1.807) is 6.20 Å². The van der Waals surface area contributed by atoms with Crippen LogP contribution in [0.5, 0.6) is 0 Å². The van der Waals surface area contributed by atoms with Crippen molar-refractivity contribution in [3.05, 3.63) is 70.3 Å². The summed E-state index contributed by atoms with van der Waals surface area (Å²) in [6.07, 6.45) is 4.65. The van der Waals surface area contributed by atoms with Crippen molar-refractivity contribution in [1.82, 2.24) is 26.3 Å². The van der Waals surface area contributed by atoms with Gasteiger partial charge in [0.1, 0.15) is 24.2 Å². The normalized spacial score (nSPS) is 13.8. The Kier molecular flexibility index (Phi) is 14.1. The number of halogens is 1. The monoisotopic (exact) mass is 714 g/mol. The predicted molar refractivity (Wildman–Crippen MR) is 185 cm³/mol. The number of nitrogens with one attached hydrogen (secondary N) is 5. The SMILES string of the molecule is CSCC[C@H](NC(=O)[C@@H](Cc1c[nH]c2ccccc12)NC(C)=O)C(=O)N[C@@H](CC(C)C)C(=O)N[C@@H](Cc1cccc(Br)c1)C(N)=O. The molecule has 46 heavy (non-hydrogen) atoms. The van der Waals surface area contributed by atoms with Gasteiger partial charge < -0.3 is 32.0 Å². The number of H-pyrrole nitrogens is 1. The summed E-state index contributed by atoms with van der Waals surface area (Å²) in [5.74, 6) is -2.12. The van der Waals surface area contributed by atoms with E-state index in [4.69, 9.17) is 5.73 Å². The van der Waals surface area contributed by atoms with Gasteiger partial charge in [0, 0.05) is 41.3 Å². The largest absolute Gasteiger partial charge is 0.368 e. The molecule has 3 aromatic rings. The standard InChI is InChI=1S/C33H43BrN6O5S/c1-19(2)14-28(32(44)39-27(30(35)42)16-21-8-7-9-23(34)15-21)40-31(43)26(12-13-46-4)38-33(45)29(37-20(3)41)17-22-18-36-25-11-6-5-10-24(22)25/h5-11,15,18-19,26-29,36H,12-14,16-17H2,1-4H3,(H2,35,42)(H,37,41)(H,38,45)(H,39,44)(H,40,43)/t26-,27-,28-,29+/m0/s1. The molecule has 13 heteroatoms. The van der Waals surface area contributed by atoms with Crippen molar-refractivity contribution in [2.24, 2.45) is 11.7 Å². The Balaban J connectivity index is 1.77. The van der Waals surface area contributed by atoms with E-state index in [1.165, 1.54) is 18.7 Å². The van der Waals surface area contributed by atoms with E-state index in [-0.39, 0.29) is 31.1 Å². The Labute approximate surface area is 282 Å². The van der Waals surface area contributed by atoms with E-state index in [1.807, 2.05) is 68.6 Å². The minimum atomic E-state index is -0.997. The van der Waals surface area contributed by atoms with Gasteiger partial charge in [-0.2, -0.15) is 11.8 Å². The number of primary amides is 1. The number of carbonyl (C=O) groups excluding carboxylic acids is 5. The van der Waals surface area contributed by atoms with Gasteiger partial charge in [-0.05, 0) is 60.1 Å². The van der Waals surface area contributed by atoms with E-state index >= 15 is 0 Å². The number of para-hydroxylation sites is 1. The summed E-state index contributed by atoms with van der Waals surface area (Å²) < 4.78 is 0.824. The molecule has 11 nitrogen and oxygen atoms in total. The third-order valence-corrected chi connectivity index (χ3v) is 8.50. The van der Waals surface area contributed by atoms with Gasteiger partial charge in [-0.3, -0.25) is 24.0 Å². The summed E-state index contributed by atoms with van der Waals surface area (Å²) in [5.41, 5.74) is 8.18. The summed E-state index contributed by atoms with van der Waals surface area (Å²) in [6.45, 7) is 5.16. The minimum absolute atomic E-state index is 0.0210. The predicted octanol–water partition coefficient (Wildman–Crippen LogP) is 2.96. The Morgan fingerprint density at radius 1 is 0.848 bits per heavy atom. The third kappa shape index (κ3) is 11.2. The van der Waals surface area contributed by atoms with Crippen LogP contribution in [0.1, 0.15) is 44.7 Å². The maximum absolute atomic E-state index is 13.7. The zero-order valence-corrected chi connectivity index (χ0v) is 28.9. The van der Waals surface area contributed by atoms with E-state index in [0.29, 0.717) is 12.2 Å². The number of hydrogen-bond donors (Lipinski definition) is 6. The van der Waals surface area contributed by atoms with Gasteiger partial charge in [0.25, 0.3) is 0 Å². The first-order chi connectivity index (χ1) is 21.9. The van der Waals surface area contributed by atoms with E-state index in [9.17, 15) is 24.0 Å². The number of aromatic amines is 1. The molecule has 0 radical (unpaired) electrons. The number of benzene rings is 2. The number of aromatic nitrogens is 1. The molecule has 0 aliphatic carbocycles. The van der Waals surface area contributed by atoms with Crippen LogP contribution < -0.4 is 27.0 Å². The van der Waals surface area contributed by atoms with Crippen LogP contribution in [0.25, 0.3) is 10.9 Å². The molecule has 0 unspecified atom stereocenters. The van der Waals surface area contributed by atoms with Gasteiger partial charge in [0.2, 0.25) is 29.5 Å². The van der Waals surface area contributed by atoms with Crippen LogP contribution in [0, 0.1) is 5.92 Å². The summed E-state index contributed by atoms with van der Waals surface area (Å²) in [7, 11) is 0. The lowest BCUT2D eigenvalue weighted by molar-refractivity contribution is -0.134. The number of rotatable bonds is 17. The zero-order valence-electron chi connectivity index (χ0n) is 26.5. The average molecular weight is 716 g/mol. The topological polar surface area (TPSA) is 175 Å². The summed E-state index contributed by atoms with van der Waals surface area (Å²) in [4.78, 5) is 68.3. The van der Waals surface area contributed by atoms with Gasteiger partial charge in [-0.15, -0.1) is 0 Å². The molecule has 4 atom stereocenters. The van der Waals surface area contributed by atoms with Crippen molar-refractivity contribution in [3.8, 4) is 0 Å². The molecule has 0 aliphatic heterocycles. The molecule has 3 rings (SSSR count). The molecule has 5 amide bonds. The maximum atomic E-state index is 13.7. The van der Waals surface area contributed by atoms with Crippen molar-refractivity contribution >= 4 is 68.1 Å². The van der Waals surface area contributed by atoms with Gasteiger partial charge in [-0.25, -0.2) is 0 Å². The molecular formula is C33H43BrN6O5S. The average Bonchev–Trinajstić information content (AvgIpc) is 3.40. The molecular weight excluding hydrogens is 672 g/mol. The van der Waals surface area contributed by atoms with Crippen molar-refractivity contribution in [2.75, 3.05) is 12.0 Å². The minimum Gasteiger partial charge on any atom is -0.368 e. The molecule has 1 aromatic heterocycles. The van der Waals surface area contributed by atoms with Crippen molar-refractivity contribution < 1.29 is 24.0 Å². The fraction of sp³-hybridized carbons (Fsp3) is 0.424. The number of carbonyl (C=O) groups is 5. The smallest absolute Gasteiger partial charge is 0.243 e. The Morgan fingerprint density at radius 3 is 2.15 bits per heavy atom. The zero-order chi connectivity index (χ0) is 33.8. The number of nitrogens with two attached hydrogens (primary N) is 1. The highest BCUT2D eigenvalue weighted by atomic mass is 79.9. The lowest BCUT2D eigenvalue weighted by Crippen LogP contribution is -2.58. The van der Waals surface area contributed by atoms with Gasteiger partial charge in [0.05, 0.1) is 0 Å².